The van der Waals surface area contributed by atoms with Crippen molar-refractivity contribution in [3.63, 3.8) is 0 Å². The third-order valence-corrected chi connectivity index (χ3v) is 3.83. The molecule has 0 aromatic heterocycles. The topological polar surface area (TPSA) is 63.5 Å². The Kier molecular flexibility index (Phi) is 7.15. The van der Waals surface area contributed by atoms with Crippen LogP contribution < -0.4 is 0 Å². The number of nitro benzene ring substituents is 1. The molecule has 0 bridgehead atoms. The van der Waals surface area contributed by atoms with Crippen LogP contribution in [0.15, 0.2) is 22.7 Å². The maximum Gasteiger partial charge on any atom is 0.271 e. The molecule has 5 nitrogen and oxygen atoms in total. The van der Waals surface area contributed by atoms with E-state index in [9.17, 15) is 14.9 Å². The minimum atomic E-state index is -0.502. The van der Waals surface area contributed by atoms with Gasteiger partial charge in [0.1, 0.15) is 0 Å². The number of benzene rings is 1. The van der Waals surface area contributed by atoms with Gasteiger partial charge in [-0.1, -0.05) is 38.3 Å². The van der Waals surface area contributed by atoms with Gasteiger partial charge in [-0.25, -0.2) is 0 Å². The summed E-state index contributed by atoms with van der Waals surface area (Å²) >= 11 is 6.55. The van der Waals surface area contributed by atoms with E-state index in [4.69, 9.17) is 0 Å². The fourth-order valence-corrected chi connectivity index (χ4v) is 2.62. The molecule has 7 heteroatoms. The number of carbonyl (C=O) groups is 1. The smallest absolute Gasteiger partial charge is 0.271 e. The predicted molar refractivity (Wildman–Crippen MR) is 85.4 cm³/mol. The van der Waals surface area contributed by atoms with Crippen LogP contribution in [0.2, 0.25) is 0 Å². The third-order valence-electron chi connectivity index (χ3n) is 2.81. The van der Waals surface area contributed by atoms with Crippen LogP contribution in [0.4, 0.5) is 5.69 Å². The molecular formula is C13H16Br2N2O3. The summed E-state index contributed by atoms with van der Waals surface area (Å²) in [4.78, 5) is 24.1. The van der Waals surface area contributed by atoms with Gasteiger partial charge in [-0.2, -0.15) is 0 Å². The summed E-state index contributed by atoms with van der Waals surface area (Å²) < 4.78 is 0.530. The number of non-ortho nitro benzene ring substituents is 1. The summed E-state index contributed by atoms with van der Waals surface area (Å²) in [5.41, 5.74) is 0.240. The minimum absolute atomic E-state index is 0.0876. The number of rotatable bonds is 7. The second-order valence-electron chi connectivity index (χ2n) is 4.43. The van der Waals surface area contributed by atoms with Crippen molar-refractivity contribution in [2.75, 3.05) is 18.9 Å². The second-order valence-corrected chi connectivity index (χ2v) is 6.14. The Morgan fingerprint density at radius 1 is 1.30 bits per heavy atom. The van der Waals surface area contributed by atoms with Crippen molar-refractivity contribution in [1.29, 1.82) is 0 Å². The van der Waals surface area contributed by atoms with E-state index in [1.807, 2.05) is 0 Å². The Bertz CT molecular complexity index is 495. The van der Waals surface area contributed by atoms with Gasteiger partial charge in [0, 0.05) is 41.1 Å². The Hall–Kier alpha value is -0.950. The van der Waals surface area contributed by atoms with Crippen molar-refractivity contribution >= 4 is 43.5 Å². The van der Waals surface area contributed by atoms with Gasteiger partial charge in [-0.05, 0) is 18.9 Å². The molecule has 0 unspecified atom stereocenters. The van der Waals surface area contributed by atoms with Crippen LogP contribution in [0.1, 0.15) is 29.6 Å². The lowest BCUT2D eigenvalue weighted by Gasteiger charge is -2.17. The average molecular weight is 408 g/mol. The molecule has 0 saturated carbocycles. The third kappa shape index (κ3) is 5.20. The van der Waals surface area contributed by atoms with E-state index < -0.39 is 4.92 Å². The Balaban J connectivity index is 2.73. The first kappa shape index (κ1) is 17.1. The number of alkyl halides is 1. The molecule has 20 heavy (non-hydrogen) atoms. The van der Waals surface area contributed by atoms with Crippen molar-refractivity contribution < 1.29 is 9.72 Å². The molecule has 0 heterocycles. The fraction of sp³-hybridized carbons (Fsp3) is 0.462. The van der Waals surface area contributed by atoms with E-state index in [0.717, 1.165) is 24.6 Å². The van der Waals surface area contributed by atoms with Gasteiger partial charge in [0.05, 0.1) is 4.92 Å². The SMILES string of the molecule is CN(CCCCCBr)C(=O)c1cc(Br)cc([N+](=O)[O-])c1. The Morgan fingerprint density at radius 3 is 2.60 bits per heavy atom. The number of halogens is 2. The number of hydrogen-bond donors (Lipinski definition) is 0. The van der Waals surface area contributed by atoms with Crippen LogP contribution in [0, 0.1) is 10.1 Å². The first-order valence-electron chi connectivity index (χ1n) is 6.22. The quantitative estimate of drug-likeness (QED) is 0.297. The standard InChI is InChI=1S/C13H16Br2N2O3/c1-16(6-4-2-3-5-14)13(18)10-7-11(15)9-12(8-10)17(19)20/h7-9H,2-6H2,1H3. The van der Waals surface area contributed by atoms with E-state index in [0.29, 0.717) is 16.6 Å². The predicted octanol–water partition coefficient (Wildman–Crippen LogP) is 3.99. The van der Waals surface area contributed by atoms with Crippen molar-refractivity contribution in [3.8, 4) is 0 Å². The van der Waals surface area contributed by atoms with Crippen LogP contribution in [0.25, 0.3) is 0 Å². The van der Waals surface area contributed by atoms with Gasteiger partial charge in [0.2, 0.25) is 0 Å². The summed E-state index contributed by atoms with van der Waals surface area (Å²) in [7, 11) is 1.71. The monoisotopic (exact) mass is 406 g/mol. The van der Waals surface area contributed by atoms with Gasteiger partial charge >= 0.3 is 0 Å². The molecule has 1 rings (SSSR count). The van der Waals surface area contributed by atoms with Crippen LogP contribution >= 0.6 is 31.9 Å². The largest absolute Gasteiger partial charge is 0.342 e. The molecular weight excluding hydrogens is 392 g/mol. The first-order valence-corrected chi connectivity index (χ1v) is 8.13. The lowest BCUT2D eigenvalue weighted by Crippen LogP contribution is -2.27. The van der Waals surface area contributed by atoms with Gasteiger partial charge in [-0.3, -0.25) is 14.9 Å². The maximum atomic E-state index is 12.2. The molecule has 1 amide bonds. The van der Waals surface area contributed by atoms with Gasteiger partial charge in [0.25, 0.3) is 11.6 Å². The molecule has 0 aliphatic heterocycles. The number of hydrogen-bond acceptors (Lipinski definition) is 3. The zero-order chi connectivity index (χ0) is 15.1. The molecule has 0 fully saturated rings. The molecule has 0 N–H and O–H groups in total. The van der Waals surface area contributed by atoms with E-state index in [2.05, 4.69) is 31.9 Å². The molecule has 0 spiro atoms. The van der Waals surface area contributed by atoms with E-state index in [1.165, 1.54) is 12.1 Å². The number of amides is 1. The van der Waals surface area contributed by atoms with Gasteiger partial charge in [-0.15, -0.1) is 0 Å². The number of nitro groups is 1. The number of unbranched alkanes of at least 4 members (excludes halogenated alkanes) is 2. The summed E-state index contributed by atoms with van der Waals surface area (Å²) in [6.45, 7) is 0.645. The number of nitrogens with zero attached hydrogens (tertiary/aromatic N) is 2. The van der Waals surface area contributed by atoms with Crippen molar-refractivity contribution in [3.05, 3.63) is 38.3 Å². The highest BCUT2D eigenvalue weighted by Crippen LogP contribution is 2.22. The maximum absolute atomic E-state index is 12.2. The summed E-state index contributed by atoms with van der Waals surface area (Å²) in [5, 5.41) is 11.8. The average Bonchev–Trinajstić information content (AvgIpc) is 2.41. The van der Waals surface area contributed by atoms with E-state index in [-0.39, 0.29) is 11.6 Å². The highest BCUT2D eigenvalue weighted by Gasteiger charge is 2.16. The highest BCUT2D eigenvalue weighted by atomic mass is 79.9. The van der Waals surface area contributed by atoms with Crippen molar-refractivity contribution in [2.24, 2.45) is 0 Å². The molecule has 1 aromatic carbocycles. The van der Waals surface area contributed by atoms with E-state index >= 15 is 0 Å². The fourth-order valence-electron chi connectivity index (χ4n) is 1.75. The molecule has 0 radical (unpaired) electrons. The lowest BCUT2D eigenvalue weighted by atomic mass is 10.1. The zero-order valence-electron chi connectivity index (χ0n) is 11.1. The molecule has 0 aliphatic rings. The van der Waals surface area contributed by atoms with E-state index in [1.54, 1.807) is 18.0 Å². The van der Waals surface area contributed by atoms with Crippen LogP contribution in [-0.4, -0.2) is 34.7 Å². The number of carbonyl (C=O) groups excluding carboxylic acids is 1. The summed E-state index contributed by atoms with van der Waals surface area (Å²) in [6, 6.07) is 4.29. The molecule has 1 aromatic rings. The van der Waals surface area contributed by atoms with Crippen LogP contribution in [0.5, 0.6) is 0 Å². The Morgan fingerprint density at radius 2 is 2.00 bits per heavy atom. The molecule has 0 atom stereocenters. The first-order chi connectivity index (χ1) is 9.45. The second kappa shape index (κ2) is 8.36. The normalized spacial score (nSPS) is 10.3. The zero-order valence-corrected chi connectivity index (χ0v) is 14.3. The van der Waals surface area contributed by atoms with Crippen LogP contribution in [-0.2, 0) is 0 Å². The van der Waals surface area contributed by atoms with Gasteiger partial charge < -0.3 is 4.90 Å². The van der Waals surface area contributed by atoms with Gasteiger partial charge in [0.15, 0.2) is 0 Å². The molecule has 0 aliphatic carbocycles. The van der Waals surface area contributed by atoms with Crippen molar-refractivity contribution in [1.82, 2.24) is 4.90 Å². The summed E-state index contributed by atoms with van der Waals surface area (Å²) in [5.74, 6) is -0.201. The molecule has 0 saturated heterocycles. The summed E-state index contributed by atoms with van der Waals surface area (Å²) in [6.07, 6.45) is 3.04. The van der Waals surface area contributed by atoms with Crippen LogP contribution in [0.3, 0.4) is 0 Å². The highest BCUT2D eigenvalue weighted by molar-refractivity contribution is 9.10. The van der Waals surface area contributed by atoms with Crippen molar-refractivity contribution in [2.45, 2.75) is 19.3 Å². The molecule has 110 valence electrons. The minimum Gasteiger partial charge on any atom is -0.342 e. The Labute approximate surface area is 134 Å². The lowest BCUT2D eigenvalue weighted by molar-refractivity contribution is -0.385.